The van der Waals surface area contributed by atoms with Crippen molar-refractivity contribution in [1.82, 2.24) is 14.8 Å². The highest BCUT2D eigenvalue weighted by Crippen LogP contribution is 2.31. The molecule has 3 aromatic rings. The molecule has 0 bridgehead atoms. The van der Waals surface area contributed by atoms with E-state index in [-0.39, 0.29) is 5.91 Å². The van der Waals surface area contributed by atoms with Crippen LogP contribution in [0.2, 0.25) is 10.0 Å². The number of hydrogen-bond donors (Lipinski definition) is 1. The number of benzene rings is 2. The molecular weight excluding hydrogens is 403 g/mol. The first-order valence-corrected chi connectivity index (χ1v) is 9.89. The lowest BCUT2D eigenvalue weighted by molar-refractivity contribution is -0.115. The molecule has 0 aliphatic rings. The minimum Gasteiger partial charge on any atom is -0.324 e. The van der Waals surface area contributed by atoms with Gasteiger partial charge in [-0.2, -0.15) is 0 Å². The summed E-state index contributed by atoms with van der Waals surface area (Å²) in [5.41, 5.74) is 3.76. The number of anilines is 1. The summed E-state index contributed by atoms with van der Waals surface area (Å²) in [6.07, 6.45) is 1.65. The number of hydrogen-bond acceptors (Lipinski definition) is 4. The fraction of sp³-hybridized carbons (Fsp3) is 0.211. The van der Waals surface area contributed by atoms with E-state index in [0.29, 0.717) is 20.9 Å². The van der Waals surface area contributed by atoms with E-state index in [4.69, 9.17) is 23.2 Å². The predicted molar refractivity (Wildman–Crippen MR) is 111 cm³/mol. The highest BCUT2D eigenvalue weighted by Gasteiger charge is 2.20. The van der Waals surface area contributed by atoms with Crippen LogP contribution in [0.5, 0.6) is 0 Å². The van der Waals surface area contributed by atoms with Gasteiger partial charge in [0.1, 0.15) is 6.33 Å². The van der Waals surface area contributed by atoms with Gasteiger partial charge in [0.2, 0.25) is 5.91 Å². The molecule has 27 heavy (non-hydrogen) atoms. The van der Waals surface area contributed by atoms with Crippen molar-refractivity contribution in [3.05, 3.63) is 63.9 Å². The van der Waals surface area contributed by atoms with Crippen LogP contribution in [-0.2, 0) is 4.79 Å². The largest absolute Gasteiger partial charge is 0.324 e. The molecule has 5 nitrogen and oxygen atoms in total. The van der Waals surface area contributed by atoms with Gasteiger partial charge in [-0.15, -0.1) is 10.2 Å². The molecule has 1 heterocycles. The van der Waals surface area contributed by atoms with E-state index in [1.165, 1.54) is 17.3 Å². The van der Waals surface area contributed by atoms with Crippen LogP contribution in [0, 0.1) is 13.8 Å². The number of halogens is 2. The third-order valence-corrected chi connectivity index (χ3v) is 5.86. The molecule has 1 amide bonds. The second-order valence-corrected chi connectivity index (χ2v) is 8.22. The molecule has 1 N–H and O–H groups in total. The molecule has 2 aromatic carbocycles. The Bertz CT molecular complexity index is 990. The first-order valence-electron chi connectivity index (χ1n) is 8.26. The van der Waals surface area contributed by atoms with Crippen molar-refractivity contribution in [3.8, 4) is 5.69 Å². The Morgan fingerprint density at radius 1 is 1.22 bits per heavy atom. The lowest BCUT2D eigenvalue weighted by atomic mass is 10.1. The lowest BCUT2D eigenvalue weighted by Gasteiger charge is -2.14. The zero-order valence-corrected chi connectivity index (χ0v) is 17.4. The fourth-order valence-corrected chi connectivity index (χ4v) is 3.78. The van der Waals surface area contributed by atoms with Gasteiger partial charge < -0.3 is 5.32 Å². The standard InChI is InChI=1S/C19H18Cl2N4OS/c1-11-7-8-16(12(2)9-11)25-10-22-24-19(25)27-13(3)18(26)23-15-6-4-5-14(20)17(15)21/h4-10,13H,1-3H3,(H,23,26). The molecular formula is C19H18Cl2N4OS. The van der Waals surface area contributed by atoms with Crippen LogP contribution in [0.4, 0.5) is 5.69 Å². The van der Waals surface area contributed by atoms with E-state index in [1.807, 2.05) is 30.5 Å². The van der Waals surface area contributed by atoms with Gasteiger partial charge in [-0.25, -0.2) is 0 Å². The van der Waals surface area contributed by atoms with Gasteiger partial charge in [0.05, 0.1) is 26.7 Å². The number of aryl methyl sites for hydroxylation is 2. The maximum Gasteiger partial charge on any atom is 0.237 e. The van der Waals surface area contributed by atoms with Crippen molar-refractivity contribution in [2.45, 2.75) is 31.2 Å². The molecule has 0 aliphatic heterocycles. The van der Waals surface area contributed by atoms with E-state index in [1.54, 1.807) is 31.5 Å². The highest BCUT2D eigenvalue weighted by molar-refractivity contribution is 8.00. The second kappa shape index (κ2) is 8.33. The fourth-order valence-electron chi connectivity index (χ4n) is 2.59. The number of nitrogens with one attached hydrogen (secondary N) is 1. The molecule has 0 aliphatic carbocycles. The smallest absolute Gasteiger partial charge is 0.237 e. The number of carbonyl (C=O) groups excluding carboxylic acids is 1. The van der Waals surface area contributed by atoms with E-state index < -0.39 is 5.25 Å². The molecule has 0 saturated heterocycles. The zero-order chi connectivity index (χ0) is 19.6. The molecule has 0 fully saturated rings. The Labute approximate surface area is 172 Å². The van der Waals surface area contributed by atoms with Crippen LogP contribution in [0.15, 0.2) is 47.9 Å². The Hall–Kier alpha value is -2.02. The third kappa shape index (κ3) is 4.46. The normalized spacial score (nSPS) is 12.0. The molecule has 0 radical (unpaired) electrons. The number of aromatic nitrogens is 3. The number of amides is 1. The minimum absolute atomic E-state index is 0.195. The van der Waals surface area contributed by atoms with Crippen LogP contribution in [-0.4, -0.2) is 25.9 Å². The number of carbonyl (C=O) groups is 1. The van der Waals surface area contributed by atoms with Crippen LogP contribution >= 0.6 is 35.0 Å². The van der Waals surface area contributed by atoms with Crippen molar-refractivity contribution in [2.24, 2.45) is 0 Å². The summed E-state index contributed by atoms with van der Waals surface area (Å²) in [5, 5.41) is 11.9. The van der Waals surface area contributed by atoms with Gasteiger partial charge in [0, 0.05) is 0 Å². The number of thioether (sulfide) groups is 1. The van der Waals surface area contributed by atoms with E-state index in [2.05, 4.69) is 21.6 Å². The molecule has 1 atom stereocenters. The summed E-state index contributed by atoms with van der Waals surface area (Å²) < 4.78 is 1.88. The summed E-state index contributed by atoms with van der Waals surface area (Å²) in [6.45, 7) is 5.89. The zero-order valence-electron chi connectivity index (χ0n) is 15.0. The average Bonchev–Trinajstić information content (AvgIpc) is 3.06. The van der Waals surface area contributed by atoms with E-state index in [9.17, 15) is 4.79 Å². The second-order valence-electron chi connectivity index (χ2n) is 6.12. The quantitative estimate of drug-likeness (QED) is 0.568. The summed E-state index contributed by atoms with van der Waals surface area (Å²) >= 11 is 13.5. The maximum absolute atomic E-state index is 12.6. The molecule has 140 valence electrons. The Morgan fingerprint density at radius 3 is 2.74 bits per heavy atom. The molecule has 0 spiro atoms. The van der Waals surface area contributed by atoms with Crippen molar-refractivity contribution in [2.75, 3.05) is 5.32 Å². The van der Waals surface area contributed by atoms with Gasteiger partial charge in [0.25, 0.3) is 0 Å². The van der Waals surface area contributed by atoms with Crippen LogP contribution in [0.25, 0.3) is 5.69 Å². The number of nitrogens with zero attached hydrogens (tertiary/aromatic N) is 3. The SMILES string of the molecule is Cc1ccc(-n2cnnc2SC(C)C(=O)Nc2cccc(Cl)c2Cl)c(C)c1. The summed E-state index contributed by atoms with van der Waals surface area (Å²) in [6, 6.07) is 11.3. The van der Waals surface area contributed by atoms with Gasteiger partial charge in [-0.05, 0) is 44.5 Å². The summed E-state index contributed by atoms with van der Waals surface area (Å²) in [4.78, 5) is 12.6. The van der Waals surface area contributed by atoms with Crippen molar-refractivity contribution in [1.29, 1.82) is 0 Å². The molecule has 1 aromatic heterocycles. The molecule has 0 saturated carbocycles. The summed E-state index contributed by atoms with van der Waals surface area (Å²) in [7, 11) is 0. The third-order valence-electron chi connectivity index (χ3n) is 3.99. The van der Waals surface area contributed by atoms with Gasteiger partial charge in [0.15, 0.2) is 5.16 Å². The van der Waals surface area contributed by atoms with Crippen LogP contribution < -0.4 is 5.32 Å². The predicted octanol–water partition coefficient (Wildman–Crippen LogP) is 5.31. The number of rotatable bonds is 5. The Kier molecular flexibility index (Phi) is 6.09. The molecule has 8 heteroatoms. The van der Waals surface area contributed by atoms with Crippen molar-refractivity contribution in [3.63, 3.8) is 0 Å². The van der Waals surface area contributed by atoms with Crippen molar-refractivity contribution < 1.29 is 4.79 Å². The van der Waals surface area contributed by atoms with Crippen LogP contribution in [0.3, 0.4) is 0 Å². The monoisotopic (exact) mass is 420 g/mol. The van der Waals surface area contributed by atoms with E-state index in [0.717, 1.165) is 11.3 Å². The first-order chi connectivity index (χ1) is 12.9. The van der Waals surface area contributed by atoms with Gasteiger partial charge in [-0.1, -0.05) is 58.7 Å². The van der Waals surface area contributed by atoms with E-state index >= 15 is 0 Å². The Morgan fingerprint density at radius 2 is 2.00 bits per heavy atom. The first kappa shape index (κ1) is 19.7. The molecule has 3 rings (SSSR count). The van der Waals surface area contributed by atoms with Gasteiger partial charge in [-0.3, -0.25) is 9.36 Å². The maximum atomic E-state index is 12.6. The average molecular weight is 421 g/mol. The molecule has 1 unspecified atom stereocenters. The van der Waals surface area contributed by atoms with Crippen molar-refractivity contribution >= 4 is 46.6 Å². The lowest BCUT2D eigenvalue weighted by Crippen LogP contribution is -2.23. The van der Waals surface area contributed by atoms with Crippen LogP contribution in [0.1, 0.15) is 18.1 Å². The summed E-state index contributed by atoms with van der Waals surface area (Å²) in [5.74, 6) is -0.195. The topological polar surface area (TPSA) is 59.8 Å². The highest BCUT2D eigenvalue weighted by atomic mass is 35.5. The Balaban J connectivity index is 1.77. The van der Waals surface area contributed by atoms with Gasteiger partial charge >= 0.3 is 0 Å². The minimum atomic E-state index is -0.409.